The summed E-state index contributed by atoms with van der Waals surface area (Å²) in [5.41, 5.74) is 4.13. The van der Waals surface area contributed by atoms with Crippen LogP contribution in [0.25, 0.3) is 16.6 Å². The van der Waals surface area contributed by atoms with E-state index in [1.807, 2.05) is 58.3 Å². The quantitative estimate of drug-likeness (QED) is 0.502. The SMILES string of the molecule is O=C(/C=C/c1ccc(N2CCCC2=O)cc1)N1CCN(Cc2csc(-c3ccccc3)n2)CC1. The molecule has 2 aromatic carbocycles. The number of nitrogens with zero attached hydrogens (tertiary/aromatic N) is 4. The van der Waals surface area contributed by atoms with Gasteiger partial charge in [-0.05, 0) is 30.2 Å². The van der Waals surface area contributed by atoms with Crippen LogP contribution in [-0.2, 0) is 16.1 Å². The molecule has 0 unspecified atom stereocenters. The van der Waals surface area contributed by atoms with Crippen molar-refractivity contribution in [1.82, 2.24) is 14.8 Å². The summed E-state index contributed by atoms with van der Waals surface area (Å²) in [5, 5.41) is 3.18. The van der Waals surface area contributed by atoms with Crippen LogP contribution in [0.5, 0.6) is 0 Å². The zero-order chi connectivity index (χ0) is 23.3. The molecule has 0 N–H and O–H groups in total. The summed E-state index contributed by atoms with van der Waals surface area (Å²) in [4.78, 5) is 35.4. The van der Waals surface area contributed by atoms with E-state index in [9.17, 15) is 9.59 Å². The molecule has 3 heterocycles. The first-order valence-corrected chi connectivity index (χ1v) is 12.6. The van der Waals surface area contributed by atoms with Crippen molar-refractivity contribution in [1.29, 1.82) is 0 Å². The fourth-order valence-electron chi connectivity index (χ4n) is 4.41. The molecule has 7 heteroatoms. The number of aromatic nitrogens is 1. The number of carbonyl (C=O) groups excluding carboxylic acids is 2. The smallest absolute Gasteiger partial charge is 0.246 e. The summed E-state index contributed by atoms with van der Waals surface area (Å²) in [6, 6.07) is 18.1. The minimum Gasteiger partial charge on any atom is -0.337 e. The van der Waals surface area contributed by atoms with Crippen molar-refractivity contribution in [2.75, 3.05) is 37.6 Å². The Morgan fingerprint density at radius 2 is 1.74 bits per heavy atom. The lowest BCUT2D eigenvalue weighted by atomic mass is 10.1. The molecule has 174 valence electrons. The van der Waals surface area contributed by atoms with E-state index in [1.54, 1.807) is 17.4 Å². The highest BCUT2D eigenvalue weighted by Gasteiger charge is 2.22. The van der Waals surface area contributed by atoms with Gasteiger partial charge in [0.25, 0.3) is 0 Å². The van der Waals surface area contributed by atoms with Crippen LogP contribution in [0.3, 0.4) is 0 Å². The maximum absolute atomic E-state index is 12.7. The molecule has 5 rings (SSSR count). The summed E-state index contributed by atoms with van der Waals surface area (Å²) in [5.74, 6) is 0.225. The van der Waals surface area contributed by atoms with Gasteiger partial charge in [0.15, 0.2) is 0 Å². The summed E-state index contributed by atoms with van der Waals surface area (Å²) >= 11 is 1.68. The molecule has 2 saturated heterocycles. The lowest BCUT2D eigenvalue weighted by molar-refractivity contribution is -0.127. The third-order valence-corrected chi connectivity index (χ3v) is 7.28. The van der Waals surface area contributed by atoms with Crippen LogP contribution < -0.4 is 4.90 Å². The van der Waals surface area contributed by atoms with Gasteiger partial charge in [0, 0.05) is 68.4 Å². The Hall–Kier alpha value is -3.29. The minimum absolute atomic E-state index is 0.0402. The average Bonchev–Trinajstić information content (AvgIpc) is 3.53. The van der Waals surface area contributed by atoms with Gasteiger partial charge in [0.1, 0.15) is 5.01 Å². The number of benzene rings is 2. The number of carbonyl (C=O) groups is 2. The van der Waals surface area contributed by atoms with E-state index in [1.165, 1.54) is 0 Å². The van der Waals surface area contributed by atoms with Gasteiger partial charge in [-0.3, -0.25) is 14.5 Å². The fourth-order valence-corrected chi connectivity index (χ4v) is 5.22. The summed E-state index contributed by atoms with van der Waals surface area (Å²) < 4.78 is 0. The van der Waals surface area contributed by atoms with E-state index >= 15 is 0 Å². The van der Waals surface area contributed by atoms with Crippen LogP contribution in [0, 0.1) is 0 Å². The average molecular weight is 473 g/mol. The van der Waals surface area contributed by atoms with Gasteiger partial charge >= 0.3 is 0 Å². The molecular weight excluding hydrogens is 444 g/mol. The summed E-state index contributed by atoms with van der Waals surface area (Å²) in [6.07, 6.45) is 5.05. The van der Waals surface area contributed by atoms with Gasteiger partial charge in [-0.2, -0.15) is 0 Å². The van der Waals surface area contributed by atoms with Crippen molar-refractivity contribution < 1.29 is 9.59 Å². The molecular formula is C27H28N4O2S. The Kier molecular flexibility index (Phi) is 6.83. The van der Waals surface area contributed by atoms with Crippen LogP contribution in [0.1, 0.15) is 24.1 Å². The van der Waals surface area contributed by atoms with Crippen molar-refractivity contribution in [3.63, 3.8) is 0 Å². The summed E-state index contributed by atoms with van der Waals surface area (Å²) in [7, 11) is 0. The Labute approximate surface area is 204 Å². The van der Waals surface area contributed by atoms with E-state index in [-0.39, 0.29) is 11.8 Å². The predicted octanol–water partition coefficient (Wildman–Crippen LogP) is 4.29. The van der Waals surface area contributed by atoms with Crippen molar-refractivity contribution in [2.45, 2.75) is 19.4 Å². The number of hydrogen-bond donors (Lipinski definition) is 0. The van der Waals surface area contributed by atoms with Crippen molar-refractivity contribution in [3.05, 3.63) is 77.3 Å². The molecule has 2 fully saturated rings. The highest BCUT2D eigenvalue weighted by atomic mass is 32.1. The van der Waals surface area contributed by atoms with Gasteiger partial charge in [0.05, 0.1) is 5.69 Å². The van der Waals surface area contributed by atoms with Gasteiger partial charge in [-0.15, -0.1) is 11.3 Å². The molecule has 1 aromatic heterocycles. The Balaban J connectivity index is 1.10. The third kappa shape index (κ3) is 5.26. The van der Waals surface area contributed by atoms with E-state index in [0.717, 1.165) is 73.2 Å². The second-order valence-corrected chi connectivity index (χ2v) is 9.54. The number of piperazine rings is 1. The van der Waals surface area contributed by atoms with Crippen LogP contribution in [0.2, 0.25) is 0 Å². The Bertz CT molecular complexity index is 1160. The second-order valence-electron chi connectivity index (χ2n) is 8.69. The maximum atomic E-state index is 12.7. The molecule has 2 aliphatic heterocycles. The lowest BCUT2D eigenvalue weighted by Crippen LogP contribution is -2.47. The number of anilines is 1. The zero-order valence-electron chi connectivity index (χ0n) is 19.1. The molecule has 2 amide bonds. The molecule has 0 saturated carbocycles. The number of hydrogen-bond acceptors (Lipinski definition) is 5. The molecule has 0 radical (unpaired) electrons. The van der Waals surface area contributed by atoms with Crippen LogP contribution in [0.15, 0.2) is 66.1 Å². The fraction of sp³-hybridized carbons (Fsp3) is 0.296. The van der Waals surface area contributed by atoms with E-state index < -0.39 is 0 Å². The molecule has 0 spiro atoms. The standard InChI is InChI=1S/C27H28N4O2S/c32-25(13-10-21-8-11-24(12-9-21)31-14-4-7-26(31)33)30-17-15-29(16-18-30)19-23-20-34-27(28-23)22-5-2-1-3-6-22/h1-3,5-6,8-13,20H,4,7,14-19H2/b13-10+. The lowest BCUT2D eigenvalue weighted by Gasteiger charge is -2.33. The molecule has 34 heavy (non-hydrogen) atoms. The number of thiazole rings is 1. The molecule has 0 aliphatic carbocycles. The van der Waals surface area contributed by atoms with E-state index in [2.05, 4.69) is 22.4 Å². The van der Waals surface area contributed by atoms with Gasteiger partial charge in [-0.1, -0.05) is 42.5 Å². The first-order valence-electron chi connectivity index (χ1n) is 11.8. The second kappa shape index (κ2) is 10.3. The van der Waals surface area contributed by atoms with E-state index in [0.29, 0.717) is 6.42 Å². The maximum Gasteiger partial charge on any atom is 0.246 e. The largest absolute Gasteiger partial charge is 0.337 e. The Morgan fingerprint density at radius 3 is 2.44 bits per heavy atom. The highest BCUT2D eigenvalue weighted by molar-refractivity contribution is 7.13. The molecule has 6 nitrogen and oxygen atoms in total. The molecule has 3 aromatic rings. The normalized spacial score (nSPS) is 17.1. The molecule has 0 bridgehead atoms. The predicted molar refractivity (Wildman–Crippen MR) is 136 cm³/mol. The van der Waals surface area contributed by atoms with Gasteiger partial charge < -0.3 is 9.80 Å². The highest BCUT2D eigenvalue weighted by Crippen LogP contribution is 2.24. The monoisotopic (exact) mass is 472 g/mol. The molecule has 2 aliphatic rings. The van der Waals surface area contributed by atoms with Crippen LogP contribution >= 0.6 is 11.3 Å². The number of amides is 2. The van der Waals surface area contributed by atoms with Gasteiger partial charge in [0.2, 0.25) is 11.8 Å². The van der Waals surface area contributed by atoms with Crippen LogP contribution in [0.4, 0.5) is 5.69 Å². The number of rotatable bonds is 6. The first kappa shape index (κ1) is 22.5. The topological polar surface area (TPSA) is 56.8 Å². The Morgan fingerprint density at radius 1 is 0.971 bits per heavy atom. The minimum atomic E-state index is 0.0402. The van der Waals surface area contributed by atoms with Crippen molar-refractivity contribution in [2.24, 2.45) is 0 Å². The van der Waals surface area contributed by atoms with Gasteiger partial charge in [-0.25, -0.2) is 4.98 Å². The van der Waals surface area contributed by atoms with E-state index in [4.69, 9.17) is 4.98 Å². The zero-order valence-corrected chi connectivity index (χ0v) is 19.9. The molecule has 0 atom stereocenters. The van der Waals surface area contributed by atoms with Crippen LogP contribution in [-0.4, -0.2) is 59.3 Å². The third-order valence-electron chi connectivity index (χ3n) is 6.34. The van der Waals surface area contributed by atoms with Crippen molar-refractivity contribution in [3.8, 4) is 10.6 Å². The van der Waals surface area contributed by atoms with Crippen molar-refractivity contribution >= 4 is 34.9 Å². The first-order chi connectivity index (χ1) is 16.7. The summed E-state index contributed by atoms with van der Waals surface area (Å²) in [6.45, 7) is 4.72.